The van der Waals surface area contributed by atoms with Gasteiger partial charge in [-0.2, -0.15) is 0 Å². The minimum atomic E-state index is -1.58. The summed E-state index contributed by atoms with van der Waals surface area (Å²) in [4.78, 5) is 2.35. The average Bonchev–Trinajstić information content (AvgIpc) is 2.36. The maximum absolute atomic E-state index is 2.47. The Hall–Kier alpha value is -1.54. The van der Waals surface area contributed by atoms with Crippen molar-refractivity contribution in [2.24, 2.45) is 0 Å². The van der Waals surface area contributed by atoms with Crippen molar-refractivity contribution in [3.05, 3.63) is 47.5 Å². The van der Waals surface area contributed by atoms with Crippen molar-refractivity contribution in [3.63, 3.8) is 0 Å². The molecule has 3 rings (SSSR count). The van der Waals surface area contributed by atoms with E-state index >= 15 is 0 Å². The molecule has 0 aliphatic carbocycles. The molecule has 1 heterocycles. The first kappa shape index (κ1) is 12.5. The number of aryl methyl sites for hydroxylation is 2. The van der Waals surface area contributed by atoms with Gasteiger partial charge in [0, 0.05) is 18.4 Å². The minimum absolute atomic E-state index is 1.36. The van der Waals surface area contributed by atoms with Crippen LogP contribution in [0, 0.1) is 13.8 Å². The van der Waals surface area contributed by atoms with E-state index in [1.165, 1.54) is 22.5 Å². The summed E-state index contributed by atoms with van der Waals surface area (Å²) in [7, 11) is 0.608. The molecule has 1 nitrogen and oxygen atoms in total. The van der Waals surface area contributed by atoms with Gasteiger partial charge in [0.15, 0.2) is 0 Å². The van der Waals surface area contributed by atoms with E-state index in [1.807, 2.05) is 0 Å². The van der Waals surface area contributed by atoms with Gasteiger partial charge >= 0.3 is 0 Å². The monoisotopic (exact) mass is 267 g/mol. The minimum Gasteiger partial charge on any atom is -0.345 e. The molecule has 0 radical (unpaired) electrons. The number of rotatable bonds is 0. The molecule has 19 heavy (non-hydrogen) atoms. The Morgan fingerprint density at radius 2 is 1.21 bits per heavy atom. The highest BCUT2D eigenvalue weighted by atomic mass is 28.3. The molecule has 1 aliphatic heterocycles. The zero-order valence-electron chi connectivity index (χ0n) is 12.4. The molecule has 0 aromatic heterocycles. The Kier molecular flexibility index (Phi) is 2.61. The standard InChI is InChI=1S/C17H21NSi/c1-12-6-8-14-16(10-12)19(4,5)17-11-13(2)7-9-15(17)18(14)3/h6-11H,1-5H3. The molecule has 0 amide bonds. The quantitative estimate of drug-likeness (QED) is 0.663. The molecular weight excluding hydrogens is 246 g/mol. The molecule has 0 bridgehead atoms. The number of hydrogen-bond acceptors (Lipinski definition) is 1. The van der Waals surface area contributed by atoms with Crippen LogP contribution in [0.15, 0.2) is 36.4 Å². The summed E-state index contributed by atoms with van der Waals surface area (Å²) in [5, 5.41) is 3.13. The molecule has 0 fully saturated rings. The third-order valence-corrected chi connectivity index (χ3v) is 7.87. The highest BCUT2D eigenvalue weighted by Crippen LogP contribution is 2.30. The van der Waals surface area contributed by atoms with Gasteiger partial charge in [-0.1, -0.05) is 48.5 Å². The normalized spacial score (nSPS) is 15.9. The van der Waals surface area contributed by atoms with E-state index in [0.29, 0.717) is 0 Å². The second kappa shape index (κ2) is 3.97. The van der Waals surface area contributed by atoms with E-state index in [4.69, 9.17) is 0 Å². The third-order valence-electron chi connectivity index (χ3n) is 4.37. The topological polar surface area (TPSA) is 3.24 Å². The van der Waals surface area contributed by atoms with E-state index in [-0.39, 0.29) is 0 Å². The Morgan fingerprint density at radius 1 is 0.789 bits per heavy atom. The second-order valence-electron chi connectivity index (χ2n) is 6.23. The summed E-state index contributed by atoms with van der Waals surface area (Å²) in [6.07, 6.45) is 0. The van der Waals surface area contributed by atoms with Crippen LogP contribution < -0.4 is 15.3 Å². The van der Waals surface area contributed by atoms with Crippen LogP contribution in [0.1, 0.15) is 11.1 Å². The Balaban J connectivity index is 2.33. The van der Waals surface area contributed by atoms with Crippen molar-refractivity contribution in [1.29, 1.82) is 0 Å². The lowest BCUT2D eigenvalue weighted by atomic mass is 10.1. The fourth-order valence-corrected chi connectivity index (χ4v) is 6.41. The van der Waals surface area contributed by atoms with Crippen LogP contribution in [0.5, 0.6) is 0 Å². The summed E-state index contributed by atoms with van der Waals surface area (Å²) >= 11 is 0. The third kappa shape index (κ3) is 1.74. The Bertz CT molecular complexity index is 603. The Morgan fingerprint density at radius 3 is 1.63 bits per heavy atom. The van der Waals surface area contributed by atoms with Crippen molar-refractivity contribution in [2.75, 3.05) is 11.9 Å². The summed E-state index contributed by atoms with van der Waals surface area (Å²) < 4.78 is 0. The molecule has 0 saturated heterocycles. The highest BCUT2D eigenvalue weighted by molar-refractivity contribution is 7.02. The second-order valence-corrected chi connectivity index (χ2v) is 10.6. The molecule has 0 spiro atoms. The van der Waals surface area contributed by atoms with Crippen molar-refractivity contribution in [3.8, 4) is 0 Å². The smallest absolute Gasteiger partial charge is 0.117 e. The van der Waals surface area contributed by atoms with Crippen molar-refractivity contribution >= 4 is 29.8 Å². The molecule has 0 N–H and O–H groups in total. The molecule has 2 heteroatoms. The molecule has 2 aromatic rings. The fraction of sp³-hybridized carbons (Fsp3) is 0.294. The molecule has 2 aromatic carbocycles. The van der Waals surface area contributed by atoms with Crippen LogP contribution in [-0.2, 0) is 0 Å². The van der Waals surface area contributed by atoms with Gasteiger partial charge < -0.3 is 4.90 Å². The zero-order chi connectivity index (χ0) is 13.8. The molecular formula is C17H21NSi. The highest BCUT2D eigenvalue weighted by Gasteiger charge is 2.36. The SMILES string of the molecule is Cc1ccc2c(c1)[Si](C)(C)c1cc(C)ccc1N2C. The molecule has 1 aliphatic rings. The van der Waals surface area contributed by atoms with Gasteiger partial charge in [0.2, 0.25) is 0 Å². The van der Waals surface area contributed by atoms with Crippen LogP contribution in [0.3, 0.4) is 0 Å². The predicted molar refractivity (Wildman–Crippen MR) is 87.2 cm³/mol. The number of benzene rings is 2. The van der Waals surface area contributed by atoms with Crippen LogP contribution in [0.2, 0.25) is 13.1 Å². The average molecular weight is 267 g/mol. The van der Waals surface area contributed by atoms with Gasteiger partial charge in [-0.15, -0.1) is 0 Å². The van der Waals surface area contributed by atoms with Gasteiger partial charge in [0.1, 0.15) is 8.07 Å². The van der Waals surface area contributed by atoms with E-state index in [2.05, 4.69) is 75.3 Å². The first-order chi connectivity index (χ1) is 8.91. The summed E-state index contributed by atoms with van der Waals surface area (Å²) in [6, 6.07) is 13.8. The predicted octanol–water partition coefficient (Wildman–Crippen LogP) is 3.21. The van der Waals surface area contributed by atoms with Crippen molar-refractivity contribution in [2.45, 2.75) is 26.9 Å². The van der Waals surface area contributed by atoms with Gasteiger partial charge in [-0.3, -0.25) is 0 Å². The van der Waals surface area contributed by atoms with Gasteiger partial charge in [-0.25, -0.2) is 0 Å². The number of fused-ring (bicyclic) bond motifs is 2. The summed E-state index contributed by atoms with van der Waals surface area (Å²) in [6.45, 7) is 9.32. The van der Waals surface area contributed by atoms with Crippen LogP contribution in [0.25, 0.3) is 0 Å². The molecule has 0 saturated carbocycles. The number of hydrogen-bond donors (Lipinski definition) is 0. The summed E-state index contributed by atoms with van der Waals surface area (Å²) in [5.74, 6) is 0. The number of nitrogens with zero attached hydrogens (tertiary/aromatic N) is 1. The first-order valence-electron chi connectivity index (χ1n) is 6.87. The first-order valence-corrected chi connectivity index (χ1v) is 9.87. The van der Waals surface area contributed by atoms with E-state index in [1.54, 1.807) is 10.4 Å². The van der Waals surface area contributed by atoms with Crippen LogP contribution in [0.4, 0.5) is 11.4 Å². The van der Waals surface area contributed by atoms with Gasteiger partial charge in [0.05, 0.1) is 0 Å². The lowest BCUT2D eigenvalue weighted by Crippen LogP contribution is -2.58. The maximum atomic E-state index is 2.47. The largest absolute Gasteiger partial charge is 0.345 e. The lowest BCUT2D eigenvalue weighted by Gasteiger charge is -2.39. The van der Waals surface area contributed by atoms with Crippen molar-refractivity contribution in [1.82, 2.24) is 0 Å². The molecule has 0 unspecified atom stereocenters. The van der Waals surface area contributed by atoms with Crippen LogP contribution in [-0.4, -0.2) is 15.1 Å². The van der Waals surface area contributed by atoms with E-state index < -0.39 is 8.07 Å². The van der Waals surface area contributed by atoms with E-state index in [0.717, 1.165) is 0 Å². The lowest BCUT2D eigenvalue weighted by molar-refractivity contribution is 1.20. The van der Waals surface area contributed by atoms with Gasteiger partial charge in [0.25, 0.3) is 0 Å². The molecule has 0 atom stereocenters. The van der Waals surface area contributed by atoms with E-state index in [9.17, 15) is 0 Å². The van der Waals surface area contributed by atoms with Crippen LogP contribution >= 0.6 is 0 Å². The fourth-order valence-electron chi connectivity index (χ4n) is 3.16. The number of anilines is 2. The summed E-state index contributed by atoms with van der Waals surface area (Å²) in [5.41, 5.74) is 5.50. The van der Waals surface area contributed by atoms with Gasteiger partial charge in [-0.05, 0) is 36.4 Å². The zero-order valence-corrected chi connectivity index (χ0v) is 13.4. The molecule has 98 valence electrons. The van der Waals surface area contributed by atoms with Crippen molar-refractivity contribution < 1.29 is 0 Å². The Labute approximate surface area is 116 Å². The maximum Gasteiger partial charge on any atom is 0.117 e.